The number of nitrogens with zero attached hydrogens (tertiary/aromatic N) is 1. The number of aromatic amines is 1. The Kier molecular flexibility index (Phi) is 4.90. The smallest absolute Gasteiger partial charge is 0.296 e. The first kappa shape index (κ1) is 20.4. The molecule has 3 N–H and O–H groups in total. The van der Waals surface area contributed by atoms with Crippen LogP contribution >= 0.6 is 0 Å². The summed E-state index contributed by atoms with van der Waals surface area (Å²) in [7, 11) is 1.43. The number of furan rings is 1. The minimum absolute atomic E-state index is 0.0136. The second-order valence-electron chi connectivity index (χ2n) is 7.69. The molecule has 8 nitrogen and oxygen atoms in total. The summed E-state index contributed by atoms with van der Waals surface area (Å²) in [4.78, 5) is 30.6. The van der Waals surface area contributed by atoms with Gasteiger partial charge in [0.1, 0.15) is 11.5 Å². The SMILES string of the molecule is COc1ccc(C2/C(=C(/O)c3c[nH]c4ccccc34)C(=O)C(=O)N2Cc2ccco2)cc1O. The number of rotatable bonds is 5. The van der Waals surface area contributed by atoms with Crippen molar-refractivity contribution >= 4 is 28.4 Å². The van der Waals surface area contributed by atoms with E-state index < -0.39 is 17.7 Å². The van der Waals surface area contributed by atoms with E-state index in [0.717, 1.165) is 5.52 Å². The summed E-state index contributed by atoms with van der Waals surface area (Å²) in [5, 5.41) is 22.4. The number of ether oxygens (including phenoxy) is 1. The Morgan fingerprint density at radius 2 is 1.97 bits per heavy atom. The van der Waals surface area contributed by atoms with E-state index >= 15 is 0 Å². The molecule has 1 atom stereocenters. The number of carbonyl (C=O) groups is 2. The molecule has 2 aromatic carbocycles. The van der Waals surface area contributed by atoms with Crippen molar-refractivity contribution in [1.82, 2.24) is 9.88 Å². The van der Waals surface area contributed by atoms with E-state index in [4.69, 9.17) is 9.15 Å². The third-order valence-corrected chi connectivity index (χ3v) is 5.81. The van der Waals surface area contributed by atoms with Gasteiger partial charge in [-0.2, -0.15) is 0 Å². The number of aliphatic hydroxyl groups excluding tert-OH is 1. The Morgan fingerprint density at radius 1 is 1.15 bits per heavy atom. The summed E-state index contributed by atoms with van der Waals surface area (Å²) in [6.07, 6.45) is 3.08. The second kappa shape index (κ2) is 7.90. The van der Waals surface area contributed by atoms with Crippen molar-refractivity contribution in [2.45, 2.75) is 12.6 Å². The molecule has 5 rings (SSSR count). The molecule has 1 unspecified atom stereocenters. The highest BCUT2D eigenvalue weighted by Gasteiger charge is 2.46. The molecule has 33 heavy (non-hydrogen) atoms. The predicted octanol–water partition coefficient (Wildman–Crippen LogP) is 4.10. The minimum Gasteiger partial charge on any atom is -0.507 e. The summed E-state index contributed by atoms with van der Waals surface area (Å²) in [6, 6.07) is 14.4. The second-order valence-corrected chi connectivity index (χ2v) is 7.69. The number of hydrogen-bond acceptors (Lipinski definition) is 6. The molecule has 8 heteroatoms. The van der Waals surface area contributed by atoms with Crippen molar-refractivity contribution in [2.24, 2.45) is 0 Å². The van der Waals surface area contributed by atoms with Gasteiger partial charge < -0.3 is 29.3 Å². The van der Waals surface area contributed by atoms with Gasteiger partial charge in [0.15, 0.2) is 11.5 Å². The first-order chi connectivity index (χ1) is 16.0. The average Bonchev–Trinajstić information content (AvgIpc) is 3.54. The maximum Gasteiger partial charge on any atom is 0.296 e. The topological polar surface area (TPSA) is 116 Å². The summed E-state index contributed by atoms with van der Waals surface area (Å²) in [5.74, 6) is -1.30. The number of benzene rings is 2. The van der Waals surface area contributed by atoms with Gasteiger partial charge in [-0.25, -0.2) is 0 Å². The standard InChI is InChI=1S/C25H20N2O6/c1-32-20-9-8-14(11-19(20)28)22-21(23(29)17-12-26-18-7-3-2-6-16(17)18)24(30)25(31)27(22)13-15-5-4-10-33-15/h2-12,22,26,28-29H,13H2,1H3/b23-21-. The molecule has 1 aliphatic heterocycles. The molecule has 1 aliphatic rings. The van der Waals surface area contributed by atoms with E-state index in [-0.39, 0.29) is 29.4 Å². The van der Waals surface area contributed by atoms with E-state index in [1.807, 2.05) is 24.3 Å². The van der Waals surface area contributed by atoms with Gasteiger partial charge in [-0.3, -0.25) is 9.59 Å². The normalized spacial score (nSPS) is 17.7. The Balaban J connectivity index is 1.70. The number of para-hydroxylation sites is 1. The molecule has 4 aromatic rings. The van der Waals surface area contributed by atoms with Crippen LogP contribution in [0.1, 0.15) is 22.9 Å². The lowest BCUT2D eigenvalue weighted by Crippen LogP contribution is -2.29. The average molecular weight is 444 g/mol. The fourth-order valence-corrected chi connectivity index (χ4v) is 4.25. The Morgan fingerprint density at radius 3 is 2.70 bits per heavy atom. The highest BCUT2D eigenvalue weighted by molar-refractivity contribution is 6.46. The zero-order valence-electron chi connectivity index (χ0n) is 17.6. The third kappa shape index (κ3) is 3.32. The summed E-state index contributed by atoms with van der Waals surface area (Å²) in [6.45, 7) is 0.0136. The van der Waals surface area contributed by atoms with E-state index in [0.29, 0.717) is 22.3 Å². The van der Waals surface area contributed by atoms with Crippen LogP contribution in [0.2, 0.25) is 0 Å². The van der Waals surface area contributed by atoms with E-state index in [9.17, 15) is 19.8 Å². The molecule has 0 radical (unpaired) electrons. The van der Waals surface area contributed by atoms with E-state index in [2.05, 4.69) is 4.98 Å². The largest absolute Gasteiger partial charge is 0.507 e. The van der Waals surface area contributed by atoms with Gasteiger partial charge >= 0.3 is 0 Å². The molecule has 0 aliphatic carbocycles. The van der Waals surface area contributed by atoms with Crippen LogP contribution in [-0.2, 0) is 16.1 Å². The molecule has 1 amide bonds. The minimum atomic E-state index is -0.944. The molecule has 0 saturated carbocycles. The van der Waals surface area contributed by atoms with Gasteiger partial charge in [-0.1, -0.05) is 24.3 Å². The number of fused-ring (bicyclic) bond motifs is 1. The molecule has 166 valence electrons. The maximum atomic E-state index is 13.2. The number of ketones is 1. The number of H-pyrrole nitrogens is 1. The fraction of sp³-hybridized carbons (Fsp3) is 0.120. The van der Waals surface area contributed by atoms with Crippen molar-refractivity contribution in [3.05, 3.63) is 89.5 Å². The van der Waals surface area contributed by atoms with Crippen LogP contribution in [0.25, 0.3) is 16.7 Å². The first-order valence-corrected chi connectivity index (χ1v) is 10.2. The number of aromatic hydroxyl groups is 1. The highest BCUT2D eigenvalue weighted by Crippen LogP contribution is 2.43. The number of likely N-dealkylation sites (tertiary alicyclic amines) is 1. The Labute approximate surface area is 188 Å². The first-order valence-electron chi connectivity index (χ1n) is 10.2. The van der Waals surface area contributed by atoms with Gasteiger partial charge in [0.2, 0.25) is 0 Å². The molecule has 2 aromatic heterocycles. The number of methoxy groups -OCH3 is 1. The number of hydrogen-bond donors (Lipinski definition) is 3. The van der Waals surface area contributed by atoms with Crippen molar-refractivity contribution in [2.75, 3.05) is 7.11 Å². The summed E-state index contributed by atoms with van der Waals surface area (Å²) < 4.78 is 10.5. The number of amides is 1. The van der Waals surface area contributed by atoms with Crippen molar-refractivity contribution in [1.29, 1.82) is 0 Å². The van der Waals surface area contributed by atoms with Crippen LogP contribution in [0.3, 0.4) is 0 Å². The zero-order chi connectivity index (χ0) is 23.1. The number of nitrogens with one attached hydrogen (secondary N) is 1. The molecule has 0 spiro atoms. The summed E-state index contributed by atoms with van der Waals surface area (Å²) in [5.41, 5.74) is 1.56. The highest BCUT2D eigenvalue weighted by atomic mass is 16.5. The van der Waals surface area contributed by atoms with Crippen LogP contribution in [0, 0.1) is 0 Å². The zero-order valence-corrected chi connectivity index (χ0v) is 17.6. The number of carbonyl (C=O) groups excluding carboxylic acids is 2. The molecule has 1 saturated heterocycles. The Bertz CT molecular complexity index is 1400. The number of aliphatic hydroxyl groups is 1. The van der Waals surface area contributed by atoms with Gasteiger partial charge in [0.25, 0.3) is 11.7 Å². The molecular formula is C25H20N2O6. The van der Waals surface area contributed by atoms with E-state index in [1.165, 1.54) is 24.3 Å². The Hall–Kier alpha value is -4.46. The van der Waals surface area contributed by atoms with Crippen LogP contribution in [0.15, 0.2) is 77.0 Å². The lowest BCUT2D eigenvalue weighted by Gasteiger charge is -2.24. The van der Waals surface area contributed by atoms with Crippen molar-refractivity contribution < 1.29 is 29.0 Å². The van der Waals surface area contributed by atoms with Gasteiger partial charge in [-0.05, 0) is 35.9 Å². The number of phenolic OH excluding ortho intramolecular Hbond substituents is 1. The predicted molar refractivity (Wildman–Crippen MR) is 120 cm³/mol. The fourth-order valence-electron chi connectivity index (χ4n) is 4.25. The van der Waals surface area contributed by atoms with Crippen molar-refractivity contribution in [3.8, 4) is 11.5 Å². The van der Waals surface area contributed by atoms with Crippen molar-refractivity contribution in [3.63, 3.8) is 0 Å². The van der Waals surface area contributed by atoms with Gasteiger partial charge in [0.05, 0.1) is 31.5 Å². The molecule has 3 heterocycles. The van der Waals surface area contributed by atoms with Gasteiger partial charge in [0, 0.05) is 22.7 Å². The third-order valence-electron chi connectivity index (χ3n) is 5.81. The number of aromatic nitrogens is 1. The van der Waals surface area contributed by atoms with Crippen LogP contribution in [0.4, 0.5) is 0 Å². The monoisotopic (exact) mass is 444 g/mol. The van der Waals surface area contributed by atoms with Gasteiger partial charge in [-0.15, -0.1) is 0 Å². The van der Waals surface area contributed by atoms with Crippen LogP contribution in [-0.4, -0.2) is 38.9 Å². The summed E-state index contributed by atoms with van der Waals surface area (Å²) >= 11 is 0. The molecule has 1 fully saturated rings. The maximum absolute atomic E-state index is 13.2. The number of phenols is 1. The lowest BCUT2D eigenvalue weighted by molar-refractivity contribution is -0.140. The van der Waals surface area contributed by atoms with Crippen LogP contribution < -0.4 is 4.74 Å². The number of Topliss-reactive ketones (excluding diaryl/α,β-unsaturated/α-hetero) is 1. The molecular weight excluding hydrogens is 424 g/mol. The van der Waals surface area contributed by atoms with E-state index in [1.54, 1.807) is 30.5 Å². The lowest BCUT2D eigenvalue weighted by atomic mass is 9.95. The van der Waals surface area contributed by atoms with Crippen LogP contribution in [0.5, 0.6) is 11.5 Å². The quantitative estimate of drug-likeness (QED) is 0.243. The molecule has 0 bridgehead atoms.